The van der Waals surface area contributed by atoms with Gasteiger partial charge in [-0.05, 0) is 18.2 Å². The van der Waals surface area contributed by atoms with E-state index in [9.17, 15) is 4.79 Å². The minimum absolute atomic E-state index is 0.0597. The predicted molar refractivity (Wildman–Crippen MR) is 73.6 cm³/mol. The summed E-state index contributed by atoms with van der Waals surface area (Å²) in [4.78, 5) is 11.6. The van der Waals surface area contributed by atoms with E-state index < -0.39 is 5.97 Å². The summed E-state index contributed by atoms with van der Waals surface area (Å²) in [6, 6.07) is 5.33. The fourth-order valence-corrected chi connectivity index (χ4v) is 2.60. The van der Waals surface area contributed by atoms with E-state index in [2.05, 4.69) is 10.3 Å². The lowest BCUT2D eigenvalue weighted by atomic mass is 10.3. The molecule has 2 aromatic rings. The molecule has 100 valence electrons. The molecule has 0 aliphatic rings. The number of benzene rings is 1. The number of nitrogen functional groups attached to an aromatic ring is 1. The van der Waals surface area contributed by atoms with Crippen molar-refractivity contribution in [2.75, 3.05) is 11.5 Å². The Morgan fingerprint density at radius 1 is 1.53 bits per heavy atom. The number of rotatable bonds is 5. The number of nitrogens with zero attached hydrogens (tertiary/aromatic N) is 3. The third kappa shape index (κ3) is 3.62. The number of aromatic nitrogens is 3. The molecule has 0 amide bonds. The number of nitrogens with two attached hydrogens (primary N) is 1. The predicted octanol–water partition coefficient (Wildman–Crippen LogP) is 2.00. The first-order valence-electron chi connectivity index (χ1n) is 5.37. The Hall–Kier alpha value is -1.73. The Balaban J connectivity index is 1.90. The molecule has 0 aliphatic heterocycles. The molecule has 1 aromatic heterocycles. The van der Waals surface area contributed by atoms with E-state index in [1.165, 1.54) is 10.9 Å². The molecule has 1 aromatic carbocycles. The van der Waals surface area contributed by atoms with E-state index >= 15 is 0 Å². The number of thioether (sulfide) groups is 1. The minimum atomic E-state index is -1.08. The van der Waals surface area contributed by atoms with Gasteiger partial charge in [0.2, 0.25) is 0 Å². The normalized spacial score (nSPS) is 10.6. The Morgan fingerprint density at radius 3 is 2.95 bits per heavy atom. The van der Waals surface area contributed by atoms with Gasteiger partial charge in [-0.15, -0.1) is 16.9 Å². The van der Waals surface area contributed by atoms with Gasteiger partial charge in [-0.1, -0.05) is 16.8 Å². The molecule has 1 heterocycles. The number of aromatic carboxylic acids is 1. The highest BCUT2D eigenvalue weighted by atomic mass is 35.5. The third-order valence-electron chi connectivity index (χ3n) is 2.29. The van der Waals surface area contributed by atoms with Crippen LogP contribution < -0.4 is 5.73 Å². The van der Waals surface area contributed by atoms with Crippen LogP contribution in [0.1, 0.15) is 10.5 Å². The average Bonchev–Trinajstić information content (AvgIpc) is 2.81. The second-order valence-corrected chi connectivity index (χ2v) is 5.25. The van der Waals surface area contributed by atoms with Gasteiger partial charge >= 0.3 is 5.97 Å². The topological polar surface area (TPSA) is 94.0 Å². The van der Waals surface area contributed by atoms with Crippen LogP contribution in [0.15, 0.2) is 29.3 Å². The molecule has 0 aliphatic carbocycles. The number of halogens is 1. The summed E-state index contributed by atoms with van der Waals surface area (Å²) in [7, 11) is 0. The van der Waals surface area contributed by atoms with Crippen molar-refractivity contribution in [3.8, 4) is 0 Å². The number of carboxylic acids is 1. The summed E-state index contributed by atoms with van der Waals surface area (Å²) < 4.78 is 1.49. The van der Waals surface area contributed by atoms with Crippen LogP contribution in [0, 0.1) is 0 Å². The Morgan fingerprint density at radius 2 is 2.32 bits per heavy atom. The molecule has 2 rings (SSSR count). The summed E-state index contributed by atoms with van der Waals surface area (Å²) in [6.07, 6.45) is 1.40. The first-order chi connectivity index (χ1) is 9.06. The van der Waals surface area contributed by atoms with Crippen LogP contribution in [0.5, 0.6) is 0 Å². The Kier molecular flexibility index (Phi) is 4.28. The molecular weight excluding hydrogens is 288 g/mol. The number of carbonyl (C=O) groups is 1. The first-order valence-corrected chi connectivity index (χ1v) is 6.74. The second kappa shape index (κ2) is 5.94. The summed E-state index contributed by atoms with van der Waals surface area (Å²) in [5.41, 5.74) is 6.17. The van der Waals surface area contributed by atoms with Gasteiger partial charge in [0.05, 0.1) is 17.8 Å². The number of carboxylic acid groups (broad SMARTS) is 1. The van der Waals surface area contributed by atoms with Crippen LogP contribution in [0.3, 0.4) is 0 Å². The molecule has 0 fully saturated rings. The highest BCUT2D eigenvalue weighted by Crippen LogP contribution is 2.28. The van der Waals surface area contributed by atoms with Gasteiger partial charge in [0, 0.05) is 16.3 Å². The van der Waals surface area contributed by atoms with Gasteiger partial charge in [-0.25, -0.2) is 4.79 Å². The molecule has 3 N–H and O–H groups in total. The second-order valence-electron chi connectivity index (χ2n) is 3.71. The van der Waals surface area contributed by atoms with E-state index in [0.717, 1.165) is 4.90 Å². The molecule has 8 heteroatoms. The van der Waals surface area contributed by atoms with Gasteiger partial charge in [-0.2, -0.15) is 0 Å². The quantitative estimate of drug-likeness (QED) is 0.648. The van der Waals surface area contributed by atoms with Crippen molar-refractivity contribution in [1.29, 1.82) is 0 Å². The molecule has 0 saturated carbocycles. The van der Waals surface area contributed by atoms with Crippen molar-refractivity contribution in [3.63, 3.8) is 0 Å². The molecule has 0 saturated heterocycles. The maximum Gasteiger partial charge on any atom is 0.358 e. The minimum Gasteiger partial charge on any atom is -0.476 e. The van der Waals surface area contributed by atoms with Crippen molar-refractivity contribution in [2.45, 2.75) is 11.4 Å². The summed E-state index contributed by atoms with van der Waals surface area (Å²) in [5.74, 6) is -0.382. The SMILES string of the molecule is Nc1ccc(SCCn2cc(C(=O)O)nn2)c(Cl)c1. The van der Waals surface area contributed by atoms with Crippen LogP contribution in [-0.4, -0.2) is 31.8 Å². The molecule has 0 bridgehead atoms. The largest absolute Gasteiger partial charge is 0.476 e. The highest BCUT2D eigenvalue weighted by molar-refractivity contribution is 7.99. The molecule has 19 heavy (non-hydrogen) atoms. The third-order valence-corrected chi connectivity index (χ3v) is 3.77. The van der Waals surface area contributed by atoms with Crippen molar-refractivity contribution >= 4 is 35.0 Å². The summed E-state index contributed by atoms with van der Waals surface area (Å²) in [6.45, 7) is 0.547. The smallest absolute Gasteiger partial charge is 0.358 e. The maximum absolute atomic E-state index is 10.6. The number of aryl methyl sites for hydroxylation is 1. The summed E-state index contributed by atoms with van der Waals surface area (Å²) >= 11 is 7.59. The van der Waals surface area contributed by atoms with E-state index in [4.69, 9.17) is 22.4 Å². The Bertz CT molecular complexity index is 602. The van der Waals surface area contributed by atoms with Crippen LogP contribution in [0.2, 0.25) is 5.02 Å². The zero-order valence-corrected chi connectivity index (χ0v) is 11.4. The van der Waals surface area contributed by atoms with Gasteiger partial charge in [0.15, 0.2) is 5.69 Å². The van der Waals surface area contributed by atoms with Crippen LogP contribution in [0.4, 0.5) is 5.69 Å². The van der Waals surface area contributed by atoms with Crippen molar-refractivity contribution in [1.82, 2.24) is 15.0 Å². The zero-order chi connectivity index (χ0) is 13.8. The molecular formula is C11H11ClN4O2S. The van der Waals surface area contributed by atoms with Gasteiger partial charge in [0.25, 0.3) is 0 Å². The average molecular weight is 299 g/mol. The van der Waals surface area contributed by atoms with Gasteiger partial charge in [0.1, 0.15) is 0 Å². The lowest BCUT2D eigenvalue weighted by Crippen LogP contribution is -2.01. The maximum atomic E-state index is 10.6. The lowest BCUT2D eigenvalue weighted by Gasteiger charge is -2.04. The summed E-state index contributed by atoms with van der Waals surface area (Å²) in [5, 5.41) is 16.6. The fraction of sp³-hybridized carbons (Fsp3) is 0.182. The molecule has 6 nitrogen and oxygen atoms in total. The van der Waals surface area contributed by atoms with Crippen molar-refractivity contribution in [2.24, 2.45) is 0 Å². The first kappa shape index (κ1) is 13.7. The standard InChI is InChI=1S/C11H11ClN4O2S/c12-8-5-7(13)1-2-10(8)19-4-3-16-6-9(11(17)18)14-15-16/h1-2,5-6H,3-4,13H2,(H,17,18). The molecule has 0 atom stereocenters. The van der Waals surface area contributed by atoms with E-state index in [1.54, 1.807) is 23.9 Å². The number of hydrogen-bond acceptors (Lipinski definition) is 5. The lowest BCUT2D eigenvalue weighted by molar-refractivity contribution is 0.0690. The molecule has 0 radical (unpaired) electrons. The van der Waals surface area contributed by atoms with E-state index in [1.807, 2.05) is 6.07 Å². The van der Waals surface area contributed by atoms with Crippen molar-refractivity contribution < 1.29 is 9.90 Å². The fourth-order valence-electron chi connectivity index (χ4n) is 1.39. The zero-order valence-electron chi connectivity index (χ0n) is 9.78. The van der Waals surface area contributed by atoms with Gasteiger partial charge < -0.3 is 10.8 Å². The highest BCUT2D eigenvalue weighted by Gasteiger charge is 2.08. The van der Waals surface area contributed by atoms with Crippen LogP contribution in [-0.2, 0) is 6.54 Å². The van der Waals surface area contributed by atoms with Crippen LogP contribution in [0.25, 0.3) is 0 Å². The van der Waals surface area contributed by atoms with E-state index in [-0.39, 0.29) is 5.69 Å². The Labute approximate surface area is 118 Å². The molecule has 0 spiro atoms. The van der Waals surface area contributed by atoms with E-state index in [0.29, 0.717) is 23.0 Å². The van der Waals surface area contributed by atoms with Crippen LogP contribution >= 0.6 is 23.4 Å². The molecule has 0 unspecified atom stereocenters. The number of hydrogen-bond donors (Lipinski definition) is 2. The monoisotopic (exact) mass is 298 g/mol. The van der Waals surface area contributed by atoms with Crippen molar-refractivity contribution in [3.05, 3.63) is 35.1 Å². The number of anilines is 1. The van der Waals surface area contributed by atoms with Gasteiger partial charge in [-0.3, -0.25) is 4.68 Å².